The van der Waals surface area contributed by atoms with Crippen molar-refractivity contribution in [1.82, 2.24) is 4.40 Å². The number of fused-ring (bicyclic) bond motifs is 3. The van der Waals surface area contributed by atoms with Crippen LogP contribution < -0.4 is 5.56 Å². The minimum Gasteiger partial charge on any atom is -0.462 e. The van der Waals surface area contributed by atoms with Crippen molar-refractivity contribution in [3.8, 4) is 11.1 Å². The number of ether oxygens (including phenoxy) is 1. The molecule has 0 radical (unpaired) electrons. The van der Waals surface area contributed by atoms with E-state index in [1.54, 1.807) is 17.4 Å². The van der Waals surface area contributed by atoms with Crippen LogP contribution in [0.2, 0.25) is 0 Å². The van der Waals surface area contributed by atoms with Crippen LogP contribution in [0.1, 0.15) is 17.3 Å². The van der Waals surface area contributed by atoms with Crippen LogP contribution in [-0.2, 0) is 4.74 Å². The molecule has 0 amide bonds. The molecule has 0 atom stereocenters. The minimum atomic E-state index is -0.600. The molecular weight excluding hydrogens is 326 g/mol. The van der Waals surface area contributed by atoms with Gasteiger partial charge in [0.25, 0.3) is 5.56 Å². The third-order valence-electron chi connectivity index (χ3n) is 4.42. The zero-order valence-corrected chi connectivity index (χ0v) is 14.3. The summed E-state index contributed by atoms with van der Waals surface area (Å²) in [7, 11) is 0. The Balaban J connectivity index is 2.17. The van der Waals surface area contributed by atoms with Crippen LogP contribution in [0.3, 0.4) is 0 Å². The van der Waals surface area contributed by atoms with E-state index in [1.165, 1.54) is 0 Å². The number of aromatic nitrogens is 1. The summed E-state index contributed by atoms with van der Waals surface area (Å²) in [5.74, 6) is -0.600. The van der Waals surface area contributed by atoms with Gasteiger partial charge >= 0.3 is 5.97 Å². The van der Waals surface area contributed by atoms with Crippen LogP contribution in [0.5, 0.6) is 0 Å². The maximum Gasteiger partial charge on any atom is 0.343 e. The zero-order chi connectivity index (χ0) is 18.1. The molecule has 0 spiro atoms. The Hall–Kier alpha value is -3.40. The summed E-state index contributed by atoms with van der Waals surface area (Å²) in [6, 6.07) is 22.9. The molecule has 0 saturated heterocycles. The molecule has 0 saturated carbocycles. The van der Waals surface area contributed by atoms with Gasteiger partial charge in [0.1, 0.15) is 5.56 Å². The van der Waals surface area contributed by atoms with E-state index in [2.05, 4.69) is 0 Å². The number of esters is 1. The second-order valence-electron chi connectivity index (χ2n) is 5.98. The molecule has 4 heteroatoms. The molecule has 2 aromatic carbocycles. The third kappa shape index (κ3) is 2.56. The van der Waals surface area contributed by atoms with Gasteiger partial charge in [-0.05, 0) is 36.1 Å². The number of rotatable bonds is 3. The van der Waals surface area contributed by atoms with Crippen LogP contribution in [-0.4, -0.2) is 17.0 Å². The van der Waals surface area contributed by atoms with Crippen molar-refractivity contribution in [1.29, 1.82) is 0 Å². The molecule has 128 valence electrons. The van der Waals surface area contributed by atoms with Gasteiger partial charge in [-0.3, -0.25) is 9.20 Å². The number of hydrogen-bond acceptors (Lipinski definition) is 3. The molecule has 0 aliphatic rings. The molecule has 0 unspecified atom stereocenters. The maximum absolute atomic E-state index is 13.1. The first kappa shape index (κ1) is 16.1. The van der Waals surface area contributed by atoms with Gasteiger partial charge in [0, 0.05) is 5.56 Å². The highest BCUT2D eigenvalue weighted by molar-refractivity contribution is 5.95. The summed E-state index contributed by atoms with van der Waals surface area (Å²) in [6.07, 6.45) is 0. The van der Waals surface area contributed by atoms with Crippen molar-refractivity contribution < 1.29 is 9.53 Å². The zero-order valence-electron chi connectivity index (χ0n) is 14.3. The Morgan fingerprint density at radius 1 is 0.923 bits per heavy atom. The molecule has 0 bridgehead atoms. The molecule has 4 rings (SSSR count). The maximum atomic E-state index is 13.1. The Bertz CT molecular complexity index is 1180. The highest BCUT2D eigenvalue weighted by atomic mass is 16.5. The summed E-state index contributed by atoms with van der Waals surface area (Å²) < 4.78 is 6.71. The first-order valence-electron chi connectivity index (χ1n) is 8.51. The van der Waals surface area contributed by atoms with Crippen molar-refractivity contribution in [2.24, 2.45) is 0 Å². The number of carbonyl (C=O) groups is 1. The van der Waals surface area contributed by atoms with Crippen molar-refractivity contribution in [2.45, 2.75) is 6.92 Å². The number of benzene rings is 2. The number of pyridine rings is 2. The number of hydrogen-bond donors (Lipinski definition) is 0. The summed E-state index contributed by atoms with van der Waals surface area (Å²) in [5, 5.41) is 0.933. The second-order valence-corrected chi connectivity index (χ2v) is 5.98. The van der Waals surface area contributed by atoms with Crippen molar-refractivity contribution in [3.05, 3.63) is 88.7 Å². The van der Waals surface area contributed by atoms with E-state index in [4.69, 9.17) is 4.74 Å². The average Bonchev–Trinajstić information content (AvgIpc) is 2.68. The van der Waals surface area contributed by atoms with Crippen LogP contribution in [0.25, 0.3) is 27.5 Å². The van der Waals surface area contributed by atoms with Gasteiger partial charge in [0.2, 0.25) is 0 Å². The molecule has 2 heterocycles. The Morgan fingerprint density at radius 3 is 2.42 bits per heavy atom. The smallest absolute Gasteiger partial charge is 0.343 e. The molecular formula is C22H17NO3. The lowest BCUT2D eigenvalue weighted by atomic mass is 10.0. The molecule has 26 heavy (non-hydrogen) atoms. The normalized spacial score (nSPS) is 11.0. The highest BCUT2D eigenvalue weighted by Crippen LogP contribution is 2.27. The van der Waals surface area contributed by atoms with E-state index >= 15 is 0 Å². The SMILES string of the molecule is CCOC(=O)c1cc(-c2ccccc2)c2ccc3ccccc3n2c1=O. The Morgan fingerprint density at radius 2 is 1.65 bits per heavy atom. The quantitative estimate of drug-likeness (QED) is 0.412. The van der Waals surface area contributed by atoms with E-state index in [0.29, 0.717) is 0 Å². The molecule has 0 aliphatic heterocycles. The van der Waals surface area contributed by atoms with Gasteiger partial charge in [0.15, 0.2) is 0 Å². The predicted octanol–water partition coefficient (Wildman–Crippen LogP) is 4.30. The molecule has 0 N–H and O–H groups in total. The lowest BCUT2D eigenvalue weighted by Crippen LogP contribution is -2.24. The predicted molar refractivity (Wildman–Crippen MR) is 103 cm³/mol. The Kier molecular flexibility index (Phi) is 4.01. The topological polar surface area (TPSA) is 47.8 Å². The number of carbonyl (C=O) groups excluding carboxylic acids is 1. The first-order valence-corrected chi connectivity index (χ1v) is 8.51. The summed E-state index contributed by atoms with van der Waals surface area (Å²) >= 11 is 0. The van der Waals surface area contributed by atoms with Crippen LogP contribution in [0.4, 0.5) is 0 Å². The van der Waals surface area contributed by atoms with Crippen molar-refractivity contribution >= 4 is 22.4 Å². The van der Waals surface area contributed by atoms with Gasteiger partial charge in [-0.2, -0.15) is 0 Å². The van der Waals surface area contributed by atoms with Crippen LogP contribution in [0.15, 0.2) is 77.6 Å². The molecule has 0 fully saturated rings. The van der Waals surface area contributed by atoms with Crippen molar-refractivity contribution in [3.63, 3.8) is 0 Å². The monoisotopic (exact) mass is 343 g/mol. The van der Waals surface area contributed by atoms with Gasteiger partial charge < -0.3 is 4.74 Å². The fourth-order valence-corrected chi connectivity index (χ4v) is 3.24. The third-order valence-corrected chi connectivity index (χ3v) is 4.42. The average molecular weight is 343 g/mol. The van der Waals surface area contributed by atoms with Crippen LogP contribution in [0, 0.1) is 0 Å². The second kappa shape index (κ2) is 6.48. The number of nitrogens with zero attached hydrogens (tertiary/aromatic N) is 1. The summed E-state index contributed by atoms with van der Waals surface area (Å²) in [6.45, 7) is 1.95. The standard InChI is InChI=1S/C22H17NO3/c1-2-26-22(25)18-14-17(15-8-4-3-5-9-15)20-13-12-16-10-6-7-11-19(16)23(20)21(18)24/h3-14H,2H2,1H3. The van der Waals surface area contributed by atoms with Gasteiger partial charge in [0.05, 0.1) is 17.6 Å². The van der Waals surface area contributed by atoms with Crippen molar-refractivity contribution in [2.75, 3.05) is 6.61 Å². The summed E-state index contributed by atoms with van der Waals surface area (Å²) in [4.78, 5) is 25.5. The fraction of sp³-hybridized carbons (Fsp3) is 0.0909. The largest absolute Gasteiger partial charge is 0.462 e. The Labute approximate surface area is 150 Å². The molecule has 4 nitrogen and oxygen atoms in total. The van der Waals surface area contributed by atoms with Gasteiger partial charge in [-0.25, -0.2) is 4.79 Å². The lowest BCUT2D eigenvalue weighted by molar-refractivity contribution is 0.0524. The lowest BCUT2D eigenvalue weighted by Gasteiger charge is -2.13. The molecule has 4 aromatic rings. The van der Waals surface area contributed by atoms with E-state index in [9.17, 15) is 9.59 Å². The van der Waals surface area contributed by atoms with Gasteiger partial charge in [-0.1, -0.05) is 54.6 Å². The van der Waals surface area contributed by atoms with E-state index < -0.39 is 5.97 Å². The van der Waals surface area contributed by atoms with E-state index in [0.717, 1.165) is 27.5 Å². The fourth-order valence-electron chi connectivity index (χ4n) is 3.24. The number of para-hydroxylation sites is 1. The highest BCUT2D eigenvalue weighted by Gasteiger charge is 2.18. The van der Waals surface area contributed by atoms with E-state index in [-0.39, 0.29) is 17.7 Å². The van der Waals surface area contributed by atoms with Gasteiger partial charge in [-0.15, -0.1) is 0 Å². The first-order chi connectivity index (χ1) is 12.7. The summed E-state index contributed by atoms with van der Waals surface area (Å²) in [5.41, 5.74) is 2.95. The minimum absolute atomic E-state index is 0.0413. The molecule has 2 aromatic heterocycles. The van der Waals surface area contributed by atoms with E-state index in [1.807, 2.05) is 66.7 Å². The molecule has 0 aliphatic carbocycles. The van der Waals surface area contributed by atoms with Crippen LogP contribution >= 0.6 is 0 Å².